The van der Waals surface area contributed by atoms with Crippen LogP contribution in [0.4, 0.5) is 0 Å². The zero-order valence-electron chi connectivity index (χ0n) is 9.98. The Hall–Kier alpha value is -1.36. The van der Waals surface area contributed by atoms with Crippen molar-refractivity contribution in [1.82, 2.24) is 10.1 Å². The summed E-state index contributed by atoms with van der Waals surface area (Å²) in [5, 5.41) is 5.00. The topological polar surface area (TPSA) is 38.9 Å². The summed E-state index contributed by atoms with van der Waals surface area (Å²) in [6.07, 6.45) is 0. The van der Waals surface area contributed by atoms with Crippen molar-refractivity contribution in [3.05, 3.63) is 57.0 Å². The van der Waals surface area contributed by atoms with Crippen molar-refractivity contribution in [2.75, 3.05) is 0 Å². The number of aromatic nitrogens is 2. The molecule has 0 fully saturated rings. The molecule has 0 aliphatic carbocycles. The maximum atomic E-state index is 6.13. The first-order valence-corrected chi connectivity index (χ1v) is 7.23. The van der Waals surface area contributed by atoms with Crippen LogP contribution in [0, 0.1) is 0 Å². The minimum absolute atomic E-state index is 0.432. The highest BCUT2D eigenvalue weighted by Crippen LogP contribution is 2.30. The van der Waals surface area contributed by atoms with Crippen LogP contribution in [0.15, 0.2) is 51.5 Å². The number of nitrogens with zero attached hydrogens (tertiary/aromatic N) is 2. The van der Waals surface area contributed by atoms with E-state index in [1.807, 2.05) is 24.3 Å². The molecule has 3 aromatic rings. The lowest BCUT2D eigenvalue weighted by Crippen LogP contribution is -1.83. The summed E-state index contributed by atoms with van der Waals surface area (Å²) < 4.78 is 6.22. The number of hydrogen-bond acceptors (Lipinski definition) is 3. The van der Waals surface area contributed by atoms with E-state index in [2.05, 4.69) is 26.1 Å². The summed E-state index contributed by atoms with van der Waals surface area (Å²) in [7, 11) is 0. The van der Waals surface area contributed by atoms with Crippen molar-refractivity contribution in [2.24, 2.45) is 0 Å². The predicted molar refractivity (Wildman–Crippen MR) is 82.9 cm³/mol. The maximum absolute atomic E-state index is 6.13. The zero-order valence-corrected chi connectivity index (χ0v) is 13.1. The van der Waals surface area contributed by atoms with Crippen molar-refractivity contribution in [2.45, 2.75) is 0 Å². The van der Waals surface area contributed by atoms with Crippen LogP contribution in [0.1, 0.15) is 0 Å². The van der Waals surface area contributed by atoms with E-state index in [1.165, 1.54) is 0 Å². The van der Waals surface area contributed by atoms with E-state index in [-0.39, 0.29) is 0 Å². The van der Waals surface area contributed by atoms with E-state index in [4.69, 9.17) is 27.7 Å². The summed E-state index contributed by atoms with van der Waals surface area (Å²) >= 11 is 15.4. The quantitative estimate of drug-likeness (QED) is 0.600. The van der Waals surface area contributed by atoms with Gasteiger partial charge >= 0.3 is 0 Å². The first kappa shape index (κ1) is 13.6. The molecule has 0 N–H and O–H groups in total. The van der Waals surface area contributed by atoms with Crippen molar-refractivity contribution in [3.8, 4) is 22.8 Å². The van der Waals surface area contributed by atoms with E-state index in [0.29, 0.717) is 27.3 Å². The van der Waals surface area contributed by atoms with E-state index in [9.17, 15) is 0 Å². The molecule has 3 rings (SSSR count). The first-order chi connectivity index (χ1) is 9.63. The Labute approximate surface area is 133 Å². The minimum atomic E-state index is 0.432. The second-order valence-corrected chi connectivity index (χ2v) is 5.82. The molecule has 1 heterocycles. The molecular formula is C14H7BrCl2N2O. The van der Waals surface area contributed by atoms with Gasteiger partial charge in [-0.1, -0.05) is 50.4 Å². The van der Waals surface area contributed by atoms with Crippen molar-refractivity contribution < 1.29 is 4.52 Å². The molecule has 0 saturated carbocycles. The molecule has 100 valence electrons. The monoisotopic (exact) mass is 368 g/mol. The van der Waals surface area contributed by atoms with Crippen molar-refractivity contribution in [3.63, 3.8) is 0 Å². The SMILES string of the molecule is Clc1ccc(-c2noc(-c3cccc(Br)c3)n2)c(Cl)c1. The molecule has 1 aromatic heterocycles. The first-order valence-electron chi connectivity index (χ1n) is 5.68. The molecular weight excluding hydrogens is 363 g/mol. The van der Waals surface area contributed by atoms with Gasteiger partial charge in [0.25, 0.3) is 5.89 Å². The maximum Gasteiger partial charge on any atom is 0.258 e. The van der Waals surface area contributed by atoms with Crippen LogP contribution < -0.4 is 0 Å². The average Bonchev–Trinajstić information content (AvgIpc) is 2.88. The Morgan fingerprint density at radius 3 is 2.65 bits per heavy atom. The van der Waals surface area contributed by atoms with E-state index in [0.717, 1.165) is 10.0 Å². The lowest BCUT2D eigenvalue weighted by Gasteiger charge is -1.98. The molecule has 0 atom stereocenters. The van der Waals surface area contributed by atoms with Gasteiger partial charge in [-0.15, -0.1) is 0 Å². The Balaban J connectivity index is 2.02. The third kappa shape index (κ3) is 2.73. The van der Waals surface area contributed by atoms with Gasteiger partial charge in [-0.25, -0.2) is 0 Å². The number of rotatable bonds is 2. The molecule has 0 aliphatic heterocycles. The van der Waals surface area contributed by atoms with Crippen LogP contribution in [0.2, 0.25) is 10.0 Å². The fourth-order valence-electron chi connectivity index (χ4n) is 1.74. The summed E-state index contributed by atoms with van der Waals surface area (Å²) in [6.45, 7) is 0. The van der Waals surface area contributed by atoms with Crippen LogP contribution in [0.5, 0.6) is 0 Å². The van der Waals surface area contributed by atoms with Crippen LogP contribution in [-0.4, -0.2) is 10.1 Å². The molecule has 0 aliphatic rings. The number of hydrogen-bond donors (Lipinski definition) is 0. The van der Waals surface area contributed by atoms with Crippen LogP contribution >= 0.6 is 39.1 Å². The molecule has 2 aromatic carbocycles. The van der Waals surface area contributed by atoms with Crippen LogP contribution in [-0.2, 0) is 0 Å². The fourth-order valence-corrected chi connectivity index (χ4v) is 2.63. The van der Waals surface area contributed by atoms with Gasteiger partial charge in [-0.2, -0.15) is 4.98 Å². The second-order valence-electron chi connectivity index (χ2n) is 4.06. The lowest BCUT2D eigenvalue weighted by atomic mass is 10.2. The summed E-state index contributed by atoms with van der Waals surface area (Å²) in [4.78, 5) is 4.36. The van der Waals surface area contributed by atoms with Gasteiger partial charge in [-0.05, 0) is 36.4 Å². The van der Waals surface area contributed by atoms with Gasteiger partial charge in [0.1, 0.15) is 0 Å². The molecule has 0 radical (unpaired) electrons. The van der Waals surface area contributed by atoms with E-state index < -0.39 is 0 Å². The Morgan fingerprint density at radius 1 is 1.05 bits per heavy atom. The van der Waals surface area contributed by atoms with Gasteiger partial charge in [-0.3, -0.25) is 0 Å². The smallest absolute Gasteiger partial charge is 0.258 e. The van der Waals surface area contributed by atoms with Gasteiger partial charge < -0.3 is 4.52 Å². The Kier molecular flexibility index (Phi) is 3.78. The number of halogens is 3. The highest BCUT2D eigenvalue weighted by Gasteiger charge is 2.13. The molecule has 6 heteroatoms. The molecule has 0 unspecified atom stereocenters. The second kappa shape index (κ2) is 5.56. The fraction of sp³-hybridized carbons (Fsp3) is 0. The number of benzene rings is 2. The zero-order chi connectivity index (χ0) is 14.1. The largest absolute Gasteiger partial charge is 0.334 e. The standard InChI is InChI=1S/C14H7BrCl2N2O/c15-9-3-1-2-8(6-9)14-18-13(19-20-14)11-5-4-10(16)7-12(11)17/h1-7H. The predicted octanol–water partition coefficient (Wildman–Crippen LogP) is 5.47. The third-order valence-corrected chi connectivity index (χ3v) is 3.71. The lowest BCUT2D eigenvalue weighted by molar-refractivity contribution is 0.432. The summed E-state index contributed by atoms with van der Waals surface area (Å²) in [5.41, 5.74) is 1.52. The molecule has 3 nitrogen and oxygen atoms in total. The molecule has 0 amide bonds. The average molecular weight is 370 g/mol. The van der Waals surface area contributed by atoms with Gasteiger partial charge in [0.15, 0.2) is 0 Å². The summed E-state index contributed by atoms with van der Waals surface area (Å²) in [5.74, 6) is 0.869. The van der Waals surface area contributed by atoms with Crippen molar-refractivity contribution in [1.29, 1.82) is 0 Å². The molecule has 20 heavy (non-hydrogen) atoms. The Bertz CT molecular complexity index is 773. The highest BCUT2D eigenvalue weighted by atomic mass is 79.9. The Morgan fingerprint density at radius 2 is 1.90 bits per heavy atom. The van der Waals surface area contributed by atoms with Crippen molar-refractivity contribution >= 4 is 39.1 Å². The van der Waals surface area contributed by atoms with E-state index in [1.54, 1.807) is 18.2 Å². The van der Waals surface area contributed by atoms with Gasteiger partial charge in [0.05, 0.1) is 5.02 Å². The van der Waals surface area contributed by atoms with Gasteiger partial charge in [0, 0.05) is 20.6 Å². The summed E-state index contributed by atoms with van der Waals surface area (Å²) in [6, 6.07) is 12.8. The normalized spacial score (nSPS) is 10.8. The van der Waals surface area contributed by atoms with Crippen LogP contribution in [0.25, 0.3) is 22.8 Å². The van der Waals surface area contributed by atoms with Crippen LogP contribution in [0.3, 0.4) is 0 Å². The highest BCUT2D eigenvalue weighted by molar-refractivity contribution is 9.10. The third-order valence-electron chi connectivity index (χ3n) is 2.67. The molecule has 0 spiro atoms. The molecule has 0 bridgehead atoms. The molecule has 0 saturated heterocycles. The van der Waals surface area contributed by atoms with Gasteiger partial charge in [0.2, 0.25) is 5.82 Å². The van der Waals surface area contributed by atoms with E-state index >= 15 is 0 Å². The minimum Gasteiger partial charge on any atom is -0.334 e.